The maximum absolute atomic E-state index is 14.7. The van der Waals surface area contributed by atoms with E-state index in [0.29, 0.717) is 35.8 Å². The highest BCUT2D eigenvalue weighted by Crippen LogP contribution is 2.48. The minimum atomic E-state index is -4.05. The highest BCUT2D eigenvalue weighted by molar-refractivity contribution is 7.89. The van der Waals surface area contributed by atoms with E-state index in [4.69, 9.17) is 9.72 Å². The fourth-order valence-electron chi connectivity index (χ4n) is 10.2. The lowest BCUT2D eigenvalue weighted by molar-refractivity contribution is -0.128. The van der Waals surface area contributed by atoms with E-state index in [0.717, 1.165) is 53.5 Å². The molecule has 16 heteroatoms. The first-order chi connectivity index (χ1) is 32.8. The topological polar surface area (TPSA) is 182 Å². The van der Waals surface area contributed by atoms with Gasteiger partial charge in [-0.2, -0.15) is 4.31 Å². The number of urea groups is 1. The number of aliphatic hydroxyl groups excluding tert-OH is 1. The SMILES string of the molecule is CC[C@H](C)[C@@H](C(=O)N[C@@H](Cc1ccccc1)[C@H](O)CN(CC1CCCC1)S(=O)(=O)c1ccc(OC)cc1)N1CCN(Cc2csc(C(CC3c4ccccc4-c4ccccc43)NC(=O)O)n2)C1=O. The Kier molecular flexibility index (Phi) is 15.5. The number of thiazole rings is 1. The number of hydrogen-bond acceptors (Lipinski definition) is 9. The fraction of sp³-hybridized carbons (Fsp3) is 0.423. The van der Waals surface area contributed by atoms with Crippen LogP contribution >= 0.6 is 11.3 Å². The molecule has 2 fully saturated rings. The molecule has 14 nitrogen and oxygen atoms in total. The molecule has 0 spiro atoms. The van der Waals surface area contributed by atoms with Crippen LogP contribution in [0.1, 0.15) is 91.7 Å². The second-order valence-electron chi connectivity index (χ2n) is 18.4. The van der Waals surface area contributed by atoms with E-state index in [1.165, 1.54) is 34.9 Å². The van der Waals surface area contributed by atoms with Crippen LogP contribution in [-0.2, 0) is 27.8 Å². The number of benzene rings is 4. The molecule has 1 saturated carbocycles. The molecule has 3 aliphatic rings. The average molecular weight is 963 g/mol. The number of nitrogens with one attached hydrogen (secondary N) is 2. The quantitative estimate of drug-likeness (QED) is 0.0563. The van der Waals surface area contributed by atoms with Crippen LogP contribution in [0.4, 0.5) is 9.59 Å². The molecule has 0 radical (unpaired) electrons. The summed E-state index contributed by atoms with van der Waals surface area (Å²) in [5.74, 6) is -0.0631. The van der Waals surface area contributed by atoms with Gasteiger partial charge in [-0.15, -0.1) is 11.3 Å². The molecule has 1 saturated heterocycles. The summed E-state index contributed by atoms with van der Waals surface area (Å²) in [6, 6.07) is 29.4. The van der Waals surface area contributed by atoms with E-state index in [-0.39, 0.29) is 61.3 Å². The molecule has 0 bridgehead atoms. The molecule has 68 heavy (non-hydrogen) atoms. The zero-order valence-corrected chi connectivity index (χ0v) is 40.5. The van der Waals surface area contributed by atoms with E-state index in [9.17, 15) is 33.0 Å². The lowest BCUT2D eigenvalue weighted by atomic mass is 9.90. The summed E-state index contributed by atoms with van der Waals surface area (Å²) in [6.45, 7) is 4.68. The number of hydrogen-bond donors (Lipinski definition) is 4. The number of carbonyl (C=O) groups is 3. The Labute approximate surface area is 403 Å². The summed E-state index contributed by atoms with van der Waals surface area (Å²) in [7, 11) is -2.54. The Balaban J connectivity index is 0.985. The molecule has 360 valence electrons. The zero-order valence-electron chi connectivity index (χ0n) is 38.9. The van der Waals surface area contributed by atoms with Crippen LogP contribution in [0.25, 0.3) is 11.1 Å². The van der Waals surface area contributed by atoms with Gasteiger partial charge in [-0.1, -0.05) is 112 Å². The molecule has 1 aromatic heterocycles. The minimum absolute atomic E-state index is 0.0411. The first kappa shape index (κ1) is 48.6. The monoisotopic (exact) mass is 962 g/mol. The Morgan fingerprint density at radius 1 is 0.912 bits per heavy atom. The number of sulfonamides is 1. The third-order valence-corrected chi connectivity index (χ3v) is 16.8. The summed E-state index contributed by atoms with van der Waals surface area (Å²) in [5, 5.41) is 30.4. The van der Waals surface area contributed by atoms with Gasteiger partial charge in [0.1, 0.15) is 16.8 Å². The van der Waals surface area contributed by atoms with Gasteiger partial charge in [-0.25, -0.2) is 23.0 Å². The van der Waals surface area contributed by atoms with Gasteiger partial charge in [0.05, 0.1) is 42.4 Å². The van der Waals surface area contributed by atoms with Gasteiger partial charge >= 0.3 is 12.1 Å². The predicted molar refractivity (Wildman–Crippen MR) is 262 cm³/mol. The molecular weight excluding hydrogens is 901 g/mol. The molecule has 5 aromatic rings. The summed E-state index contributed by atoms with van der Waals surface area (Å²) < 4.78 is 35.2. The van der Waals surface area contributed by atoms with E-state index < -0.39 is 46.3 Å². The van der Waals surface area contributed by atoms with E-state index >= 15 is 0 Å². The van der Waals surface area contributed by atoms with Crippen molar-refractivity contribution in [2.75, 3.05) is 33.3 Å². The lowest BCUT2D eigenvalue weighted by Gasteiger charge is -2.35. The van der Waals surface area contributed by atoms with Gasteiger partial charge in [0, 0.05) is 37.5 Å². The number of aromatic nitrogens is 1. The molecule has 5 atom stereocenters. The summed E-state index contributed by atoms with van der Waals surface area (Å²) >= 11 is 1.35. The van der Waals surface area contributed by atoms with Crippen molar-refractivity contribution in [3.63, 3.8) is 0 Å². The van der Waals surface area contributed by atoms with Crippen molar-refractivity contribution in [1.29, 1.82) is 0 Å². The molecule has 2 aliphatic carbocycles. The maximum atomic E-state index is 14.7. The van der Waals surface area contributed by atoms with Crippen LogP contribution in [0, 0.1) is 11.8 Å². The van der Waals surface area contributed by atoms with Crippen molar-refractivity contribution in [3.8, 4) is 16.9 Å². The van der Waals surface area contributed by atoms with E-state index in [1.54, 1.807) is 21.9 Å². The molecule has 4 aromatic carbocycles. The van der Waals surface area contributed by atoms with E-state index in [1.807, 2.05) is 73.8 Å². The highest BCUT2D eigenvalue weighted by Gasteiger charge is 2.42. The first-order valence-electron chi connectivity index (χ1n) is 23.7. The molecule has 1 aliphatic heterocycles. The first-order valence-corrected chi connectivity index (χ1v) is 26.0. The molecule has 4 amide bonds. The number of carboxylic acid groups (broad SMARTS) is 1. The number of carbonyl (C=O) groups excluding carboxylic acids is 2. The Bertz CT molecular complexity index is 2600. The van der Waals surface area contributed by atoms with Crippen LogP contribution in [-0.4, -0.2) is 107 Å². The standard InChI is InChI=1S/C52H62N6O8S2/c1-4-34(2)48(49(60)54-45(28-35-14-6-5-7-15-35)47(59)32-57(30-36-16-8-9-17-36)68(64,65)39-24-22-38(66-3)23-25-39)58-27-26-56(52(58)63)31-37-33-67-50(53-37)46(55-51(61)62)29-44-42-20-12-10-18-40(42)41-19-11-13-21-43(41)44/h5-7,10-15,18-25,33-34,36,44-48,55,59H,4,8-9,16-17,26-32H2,1-3H3,(H,54,60)(H,61,62)/t34-,45-,46?,47+,48-/m0/s1. The van der Waals surface area contributed by atoms with Gasteiger partial charge in [0.25, 0.3) is 0 Å². The van der Waals surface area contributed by atoms with Gasteiger partial charge in [-0.05, 0) is 89.6 Å². The third kappa shape index (κ3) is 10.9. The zero-order chi connectivity index (χ0) is 48.0. The summed E-state index contributed by atoms with van der Waals surface area (Å²) in [5.41, 5.74) is 6.04. The third-order valence-electron chi connectivity index (χ3n) is 14.0. The minimum Gasteiger partial charge on any atom is -0.497 e. The smallest absolute Gasteiger partial charge is 0.405 e. The van der Waals surface area contributed by atoms with Crippen molar-refractivity contribution in [2.45, 2.75) is 100 Å². The number of ether oxygens (including phenoxy) is 1. The van der Waals surface area contributed by atoms with Crippen molar-refractivity contribution in [3.05, 3.63) is 136 Å². The summed E-state index contributed by atoms with van der Waals surface area (Å²) in [4.78, 5) is 49.5. The van der Waals surface area contributed by atoms with Gasteiger partial charge in [0.15, 0.2) is 0 Å². The number of nitrogens with zero attached hydrogens (tertiary/aromatic N) is 4. The number of amides is 4. The Morgan fingerprint density at radius 3 is 2.19 bits per heavy atom. The second-order valence-corrected chi connectivity index (χ2v) is 21.2. The molecule has 1 unspecified atom stereocenters. The molecule has 4 N–H and O–H groups in total. The highest BCUT2D eigenvalue weighted by atomic mass is 32.2. The lowest BCUT2D eigenvalue weighted by Crippen LogP contribution is -2.57. The largest absolute Gasteiger partial charge is 0.497 e. The normalized spacial score (nSPS) is 17.4. The van der Waals surface area contributed by atoms with Crippen LogP contribution in [0.3, 0.4) is 0 Å². The summed E-state index contributed by atoms with van der Waals surface area (Å²) in [6.07, 6.45) is 2.65. The Hall–Kier alpha value is -5.81. The number of methoxy groups -OCH3 is 1. The van der Waals surface area contributed by atoms with Gasteiger partial charge in [-0.3, -0.25) is 4.79 Å². The van der Waals surface area contributed by atoms with Crippen molar-refractivity contribution in [2.24, 2.45) is 11.8 Å². The van der Waals surface area contributed by atoms with Crippen molar-refractivity contribution in [1.82, 2.24) is 29.7 Å². The second kappa shape index (κ2) is 21.6. The number of fused-ring (bicyclic) bond motifs is 3. The Morgan fingerprint density at radius 2 is 1.56 bits per heavy atom. The van der Waals surface area contributed by atoms with Crippen LogP contribution < -0.4 is 15.4 Å². The number of aliphatic hydroxyl groups is 1. The van der Waals surface area contributed by atoms with Gasteiger partial charge in [0.2, 0.25) is 15.9 Å². The van der Waals surface area contributed by atoms with Crippen molar-refractivity contribution < 1.29 is 37.8 Å². The van der Waals surface area contributed by atoms with Crippen molar-refractivity contribution >= 4 is 39.4 Å². The molecule has 2 heterocycles. The molecule has 8 rings (SSSR count). The maximum Gasteiger partial charge on any atom is 0.405 e. The molecular formula is C52H62N6O8S2. The van der Waals surface area contributed by atoms with Crippen LogP contribution in [0.5, 0.6) is 5.75 Å². The fourth-order valence-corrected chi connectivity index (χ4v) is 12.6. The van der Waals surface area contributed by atoms with Crippen LogP contribution in [0.2, 0.25) is 0 Å². The average Bonchev–Trinajstić information content (AvgIpc) is 4.17. The van der Waals surface area contributed by atoms with E-state index in [2.05, 4.69) is 34.9 Å². The number of rotatable bonds is 21. The predicted octanol–water partition coefficient (Wildman–Crippen LogP) is 8.28. The van der Waals surface area contributed by atoms with Crippen LogP contribution in [0.15, 0.2) is 113 Å². The van der Waals surface area contributed by atoms with Gasteiger partial charge < -0.3 is 35.4 Å².